The molecule has 2 aliphatic heterocycles. The molecule has 234 valence electrons. The fourth-order valence-corrected chi connectivity index (χ4v) is 6.81. The minimum Gasteiger partial charge on any atom is -0.481 e. The molecule has 5 heterocycles. The fraction of sp³-hybridized carbons (Fsp3) is 0.323. The number of nitrogens with zero attached hydrogens (tertiary/aromatic N) is 6. The van der Waals surface area contributed by atoms with Crippen molar-refractivity contribution in [1.29, 1.82) is 0 Å². The van der Waals surface area contributed by atoms with Crippen LogP contribution in [0.3, 0.4) is 0 Å². The van der Waals surface area contributed by atoms with Crippen molar-refractivity contribution in [2.75, 3.05) is 23.3 Å². The van der Waals surface area contributed by atoms with Crippen molar-refractivity contribution in [2.45, 2.75) is 50.3 Å². The normalized spacial score (nSPS) is 16.3. The Kier molecular flexibility index (Phi) is 8.33. The molecule has 1 amide bonds. The lowest BCUT2D eigenvalue weighted by Gasteiger charge is -2.38. The molecule has 1 fully saturated rings. The van der Waals surface area contributed by atoms with Crippen molar-refractivity contribution in [3.05, 3.63) is 77.7 Å². The summed E-state index contributed by atoms with van der Waals surface area (Å²) < 4.78 is 19.6. The number of carboxylic acid groups (broad SMARTS) is 1. The lowest BCUT2D eigenvalue weighted by atomic mass is 9.88. The van der Waals surface area contributed by atoms with Gasteiger partial charge in [-0.2, -0.15) is 5.10 Å². The monoisotopic (exact) mass is 651 g/mol. The number of aryl methyl sites for hydroxylation is 1. The van der Waals surface area contributed by atoms with E-state index in [1.165, 1.54) is 16.0 Å². The minimum atomic E-state index is -1.19. The van der Waals surface area contributed by atoms with Gasteiger partial charge >= 0.3 is 5.97 Å². The van der Waals surface area contributed by atoms with Gasteiger partial charge in [-0.1, -0.05) is 24.3 Å². The Morgan fingerprint density at radius 1 is 1.09 bits per heavy atom. The highest BCUT2D eigenvalue weighted by Gasteiger charge is 2.35. The molecule has 11 nitrogen and oxygen atoms in total. The molecule has 5 aromatic rings. The summed E-state index contributed by atoms with van der Waals surface area (Å²) in [5, 5.41) is 29.9. The number of aromatic nitrogens is 5. The summed E-state index contributed by atoms with van der Waals surface area (Å²) in [6.07, 6.45) is 7.26. The molecule has 1 unspecified atom stereocenters. The summed E-state index contributed by atoms with van der Waals surface area (Å²) in [6, 6.07) is 10.1. The van der Waals surface area contributed by atoms with Gasteiger partial charge < -0.3 is 19.7 Å². The van der Waals surface area contributed by atoms with Crippen molar-refractivity contribution >= 4 is 57.3 Å². The largest absolute Gasteiger partial charge is 0.481 e. The van der Waals surface area contributed by atoms with E-state index < -0.39 is 23.4 Å². The number of fused-ring (bicyclic) bond motifs is 2. The van der Waals surface area contributed by atoms with E-state index in [0.29, 0.717) is 53.3 Å². The third-order valence-electron chi connectivity index (χ3n) is 8.58. The summed E-state index contributed by atoms with van der Waals surface area (Å²) in [4.78, 5) is 35.5. The van der Waals surface area contributed by atoms with Crippen LogP contribution in [0.1, 0.15) is 43.1 Å². The molecule has 45 heavy (non-hydrogen) atoms. The standard InChI is InChI=1S/C31H30FN7O4S.ClH/c32-25-22(19-3-6-21(7-4-19)37-13-9-31(43,10-14-37)16-24(40)41)8-5-20-17-39(36-26(20)25)28(29(42)35-30-33-11-15-44-30)27-23-2-1-12-38(23)18-34-27;/h3-8,11,15,17-18,28,43H,1-2,9-10,12-14,16H2,(H,40,41)(H,33,35,42);1H. The summed E-state index contributed by atoms with van der Waals surface area (Å²) in [5.74, 6) is -1.84. The van der Waals surface area contributed by atoms with Crippen LogP contribution in [-0.2, 0) is 22.6 Å². The number of carbonyl (C=O) groups excluding carboxylic acids is 1. The molecular formula is C31H31ClFN7O4S. The number of hydrogen-bond acceptors (Lipinski definition) is 8. The summed E-state index contributed by atoms with van der Waals surface area (Å²) in [6.45, 7) is 1.89. The van der Waals surface area contributed by atoms with Gasteiger partial charge in [0, 0.05) is 59.7 Å². The van der Waals surface area contributed by atoms with E-state index >= 15 is 4.39 Å². The number of amides is 1. The molecule has 0 bridgehead atoms. The average molecular weight is 652 g/mol. The lowest BCUT2D eigenvalue weighted by molar-refractivity contribution is -0.143. The van der Waals surface area contributed by atoms with Crippen LogP contribution in [0.25, 0.3) is 22.0 Å². The Morgan fingerprint density at radius 3 is 2.58 bits per heavy atom. The number of hydrogen-bond donors (Lipinski definition) is 3. The van der Waals surface area contributed by atoms with Crippen LogP contribution < -0.4 is 10.2 Å². The minimum absolute atomic E-state index is 0. The molecule has 2 aliphatic rings. The Balaban J connectivity index is 0.00000357. The molecule has 0 radical (unpaired) electrons. The SMILES string of the molecule is Cl.O=C(O)CC1(O)CCN(c2ccc(-c3ccc4cn(C(C(=O)Nc5nccs5)c5ncn6c5CCC6)nc4c3F)cc2)CC1. The number of benzene rings is 2. The van der Waals surface area contributed by atoms with E-state index in [2.05, 4.69) is 25.3 Å². The topological polar surface area (TPSA) is 138 Å². The third-order valence-corrected chi connectivity index (χ3v) is 9.27. The first kappa shape index (κ1) is 30.7. The number of aliphatic hydroxyl groups is 1. The number of anilines is 2. The van der Waals surface area contributed by atoms with Crippen molar-refractivity contribution in [2.24, 2.45) is 0 Å². The van der Waals surface area contributed by atoms with Crippen LogP contribution in [0.4, 0.5) is 15.2 Å². The second-order valence-electron chi connectivity index (χ2n) is 11.4. The molecular weight excluding hydrogens is 621 g/mol. The number of halogens is 2. The molecule has 1 saturated heterocycles. The lowest BCUT2D eigenvalue weighted by Crippen LogP contribution is -2.45. The van der Waals surface area contributed by atoms with Gasteiger partial charge in [-0.05, 0) is 43.4 Å². The maximum atomic E-state index is 16.1. The van der Waals surface area contributed by atoms with Gasteiger partial charge in [0.05, 0.1) is 24.0 Å². The van der Waals surface area contributed by atoms with E-state index in [1.807, 2.05) is 28.8 Å². The van der Waals surface area contributed by atoms with Crippen molar-refractivity contribution in [1.82, 2.24) is 24.3 Å². The Labute approximate surface area is 267 Å². The first-order valence-corrected chi connectivity index (χ1v) is 15.4. The summed E-state index contributed by atoms with van der Waals surface area (Å²) in [5.41, 5.74) is 2.51. The zero-order chi connectivity index (χ0) is 30.4. The van der Waals surface area contributed by atoms with Gasteiger partial charge in [0.2, 0.25) is 0 Å². The van der Waals surface area contributed by atoms with E-state index in [4.69, 9.17) is 5.11 Å². The molecule has 3 aromatic heterocycles. The summed E-state index contributed by atoms with van der Waals surface area (Å²) in [7, 11) is 0. The molecule has 1 atom stereocenters. The number of piperidine rings is 1. The first-order chi connectivity index (χ1) is 21.3. The third kappa shape index (κ3) is 5.90. The molecule has 0 aliphatic carbocycles. The van der Waals surface area contributed by atoms with Crippen LogP contribution >= 0.6 is 23.7 Å². The van der Waals surface area contributed by atoms with Crippen molar-refractivity contribution < 1.29 is 24.2 Å². The predicted molar refractivity (Wildman–Crippen MR) is 170 cm³/mol. The maximum absolute atomic E-state index is 16.1. The fourth-order valence-electron chi connectivity index (χ4n) is 6.28. The number of nitrogens with one attached hydrogen (secondary N) is 1. The molecule has 7 rings (SSSR count). The van der Waals surface area contributed by atoms with Gasteiger partial charge in [0.1, 0.15) is 5.52 Å². The second-order valence-corrected chi connectivity index (χ2v) is 12.3. The number of imidazole rings is 1. The van der Waals surface area contributed by atoms with Gasteiger partial charge in [-0.25, -0.2) is 14.4 Å². The number of aliphatic carboxylic acids is 1. The zero-order valence-corrected chi connectivity index (χ0v) is 25.7. The Morgan fingerprint density at radius 2 is 1.87 bits per heavy atom. The zero-order valence-electron chi connectivity index (χ0n) is 24.1. The van der Waals surface area contributed by atoms with Gasteiger partial charge in [-0.3, -0.25) is 19.6 Å². The van der Waals surface area contributed by atoms with Gasteiger partial charge in [-0.15, -0.1) is 23.7 Å². The Bertz CT molecular complexity index is 1850. The van der Waals surface area contributed by atoms with E-state index in [0.717, 1.165) is 30.8 Å². The second kappa shape index (κ2) is 12.2. The smallest absolute Gasteiger partial charge is 0.306 e. The van der Waals surface area contributed by atoms with Crippen molar-refractivity contribution in [3.63, 3.8) is 0 Å². The highest BCUT2D eigenvalue weighted by molar-refractivity contribution is 7.13. The quantitative estimate of drug-likeness (QED) is 0.216. The van der Waals surface area contributed by atoms with Crippen LogP contribution in [0.2, 0.25) is 0 Å². The molecule has 0 saturated carbocycles. The number of carbonyl (C=O) groups is 2. The van der Waals surface area contributed by atoms with Crippen molar-refractivity contribution in [3.8, 4) is 11.1 Å². The maximum Gasteiger partial charge on any atom is 0.306 e. The average Bonchev–Trinajstić information content (AvgIpc) is 3.80. The van der Waals surface area contributed by atoms with E-state index in [1.54, 1.807) is 36.2 Å². The summed E-state index contributed by atoms with van der Waals surface area (Å²) >= 11 is 1.31. The molecule has 14 heteroatoms. The molecule has 2 aromatic carbocycles. The Hall–Kier alpha value is -4.33. The molecule has 3 N–H and O–H groups in total. The van der Waals surface area contributed by atoms with Crippen LogP contribution in [0.15, 0.2) is 60.5 Å². The van der Waals surface area contributed by atoms with Crippen LogP contribution in [0.5, 0.6) is 0 Å². The predicted octanol–water partition coefficient (Wildman–Crippen LogP) is 4.90. The number of rotatable bonds is 8. The first-order valence-electron chi connectivity index (χ1n) is 14.5. The highest BCUT2D eigenvalue weighted by atomic mass is 35.5. The van der Waals surface area contributed by atoms with Crippen LogP contribution in [-0.4, -0.2) is 65.1 Å². The van der Waals surface area contributed by atoms with E-state index in [-0.39, 0.29) is 30.3 Å². The van der Waals surface area contributed by atoms with Gasteiger partial charge in [0.15, 0.2) is 17.0 Å². The van der Waals surface area contributed by atoms with Crippen LogP contribution in [0, 0.1) is 5.82 Å². The molecule has 0 spiro atoms. The number of carboxylic acids is 1. The number of thiazole rings is 1. The van der Waals surface area contributed by atoms with E-state index in [9.17, 15) is 14.7 Å². The highest BCUT2D eigenvalue weighted by Crippen LogP contribution is 2.34. The van der Waals surface area contributed by atoms with Gasteiger partial charge in [0.25, 0.3) is 5.91 Å².